The molecule has 3 rings (SSSR count). The molecule has 3 aromatic rings. The second-order valence-electron chi connectivity index (χ2n) is 5.25. The van der Waals surface area contributed by atoms with Gasteiger partial charge in [-0.05, 0) is 37.1 Å². The standard InChI is InChI=1S/C19H18N2O2/c1-3-14-9-7-8-12-16(14)20-18(22)17-13(2)23-19(21-17)15-10-5-4-6-11-15/h4-12H,3H2,1-2H3,(H,20,22). The second kappa shape index (κ2) is 6.48. The summed E-state index contributed by atoms with van der Waals surface area (Å²) in [6, 6.07) is 17.3. The molecule has 0 atom stereocenters. The molecule has 23 heavy (non-hydrogen) atoms. The molecule has 116 valence electrons. The monoisotopic (exact) mass is 306 g/mol. The van der Waals surface area contributed by atoms with Gasteiger partial charge in [-0.25, -0.2) is 4.98 Å². The van der Waals surface area contributed by atoms with E-state index in [9.17, 15) is 4.79 Å². The molecule has 0 aliphatic heterocycles. The first-order valence-corrected chi connectivity index (χ1v) is 7.61. The first-order chi connectivity index (χ1) is 11.2. The lowest BCUT2D eigenvalue weighted by molar-refractivity contribution is 0.102. The van der Waals surface area contributed by atoms with Crippen molar-refractivity contribution < 1.29 is 9.21 Å². The van der Waals surface area contributed by atoms with Crippen LogP contribution in [0.4, 0.5) is 5.69 Å². The fraction of sp³-hybridized carbons (Fsp3) is 0.158. The van der Waals surface area contributed by atoms with Gasteiger partial charge in [0.05, 0.1) is 0 Å². The van der Waals surface area contributed by atoms with E-state index < -0.39 is 0 Å². The van der Waals surface area contributed by atoms with Crippen LogP contribution in [0.1, 0.15) is 28.7 Å². The number of carbonyl (C=O) groups is 1. The van der Waals surface area contributed by atoms with Crippen molar-refractivity contribution >= 4 is 11.6 Å². The minimum Gasteiger partial charge on any atom is -0.441 e. The Bertz CT molecular complexity index is 822. The summed E-state index contributed by atoms with van der Waals surface area (Å²) in [7, 11) is 0. The zero-order valence-electron chi connectivity index (χ0n) is 13.2. The number of aromatic nitrogens is 1. The molecular weight excluding hydrogens is 288 g/mol. The van der Waals surface area contributed by atoms with Gasteiger partial charge in [0.2, 0.25) is 5.89 Å². The Morgan fingerprint density at radius 3 is 2.52 bits per heavy atom. The summed E-state index contributed by atoms with van der Waals surface area (Å²) in [5.41, 5.74) is 3.06. The van der Waals surface area contributed by atoms with Crippen molar-refractivity contribution in [3.05, 3.63) is 71.6 Å². The molecule has 0 radical (unpaired) electrons. The van der Waals surface area contributed by atoms with Crippen LogP contribution in [-0.2, 0) is 6.42 Å². The van der Waals surface area contributed by atoms with Crippen LogP contribution in [0.3, 0.4) is 0 Å². The number of oxazole rings is 1. The van der Waals surface area contributed by atoms with Gasteiger partial charge in [-0.1, -0.05) is 43.3 Å². The highest BCUT2D eigenvalue weighted by atomic mass is 16.4. The molecule has 0 spiro atoms. The van der Waals surface area contributed by atoms with Gasteiger partial charge in [-0.3, -0.25) is 4.79 Å². The number of aryl methyl sites for hydroxylation is 2. The normalized spacial score (nSPS) is 10.5. The third kappa shape index (κ3) is 3.16. The highest BCUT2D eigenvalue weighted by Crippen LogP contribution is 2.23. The molecule has 0 aliphatic carbocycles. The van der Waals surface area contributed by atoms with Gasteiger partial charge in [0.15, 0.2) is 5.69 Å². The third-order valence-corrected chi connectivity index (χ3v) is 3.68. The molecule has 0 bridgehead atoms. The average Bonchev–Trinajstić information content (AvgIpc) is 2.98. The van der Waals surface area contributed by atoms with E-state index in [1.54, 1.807) is 6.92 Å². The number of carbonyl (C=O) groups excluding carboxylic acids is 1. The predicted octanol–water partition coefficient (Wildman–Crippen LogP) is 4.46. The van der Waals surface area contributed by atoms with Crippen LogP contribution >= 0.6 is 0 Å². The predicted molar refractivity (Wildman–Crippen MR) is 90.4 cm³/mol. The maximum absolute atomic E-state index is 12.5. The van der Waals surface area contributed by atoms with Crippen molar-refractivity contribution in [2.45, 2.75) is 20.3 Å². The van der Waals surface area contributed by atoms with Crippen molar-refractivity contribution in [2.75, 3.05) is 5.32 Å². The number of hydrogen-bond acceptors (Lipinski definition) is 3. The average molecular weight is 306 g/mol. The number of anilines is 1. The highest BCUT2D eigenvalue weighted by molar-refractivity contribution is 6.04. The minimum atomic E-state index is -0.255. The molecule has 0 saturated carbocycles. The van der Waals surface area contributed by atoms with Crippen molar-refractivity contribution in [1.82, 2.24) is 4.98 Å². The molecular formula is C19H18N2O2. The molecule has 0 saturated heterocycles. The minimum absolute atomic E-state index is 0.255. The Hall–Kier alpha value is -2.88. The van der Waals surface area contributed by atoms with Gasteiger partial charge in [0, 0.05) is 11.3 Å². The molecule has 2 aromatic carbocycles. The van der Waals surface area contributed by atoms with Gasteiger partial charge in [0.25, 0.3) is 5.91 Å². The van der Waals surface area contributed by atoms with Crippen LogP contribution in [0.5, 0.6) is 0 Å². The van der Waals surface area contributed by atoms with Gasteiger partial charge in [0.1, 0.15) is 5.76 Å². The molecule has 1 aromatic heterocycles. The van der Waals surface area contributed by atoms with Crippen LogP contribution in [0.2, 0.25) is 0 Å². The van der Waals surface area contributed by atoms with Crippen LogP contribution in [0, 0.1) is 6.92 Å². The lowest BCUT2D eigenvalue weighted by Gasteiger charge is -2.08. The number of nitrogens with zero attached hydrogens (tertiary/aromatic N) is 1. The van der Waals surface area contributed by atoms with E-state index in [1.165, 1.54) is 0 Å². The molecule has 1 amide bonds. The number of nitrogens with one attached hydrogen (secondary N) is 1. The zero-order chi connectivity index (χ0) is 16.2. The van der Waals surface area contributed by atoms with Gasteiger partial charge >= 0.3 is 0 Å². The first kappa shape index (κ1) is 15.0. The van der Waals surface area contributed by atoms with E-state index in [0.29, 0.717) is 17.3 Å². The zero-order valence-corrected chi connectivity index (χ0v) is 13.2. The van der Waals surface area contributed by atoms with E-state index >= 15 is 0 Å². The number of para-hydroxylation sites is 1. The van der Waals surface area contributed by atoms with E-state index in [2.05, 4.69) is 17.2 Å². The van der Waals surface area contributed by atoms with Crippen molar-refractivity contribution in [3.63, 3.8) is 0 Å². The Kier molecular flexibility index (Phi) is 4.24. The largest absolute Gasteiger partial charge is 0.441 e. The highest BCUT2D eigenvalue weighted by Gasteiger charge is 2.18. The molecule has 1 heterocycles. The smallest absolute Gasteiger partial charge is 0.277 e. The maximum atomic E-state index is 12.5. The molecule has 0 aliphatic rings. The van der Waals surface area contributed by atoms with E-state index in [4.69, 9.17) is 4.42 Å². The van der Waals surface area contributed by atoms with E-state index in [-0.39, 0.29) is 5.91 Å². The summed E-state index contributed by atoms with van der Waals surface area (Å²) in [6.07, 6.45) is 0.851. The van der Waals surface area contributed by atoms with Gasteiger partial charge in [-0.2, -0.15) is 0 Å². The van der Waals surface area contributed by atoms with Crippen LogP contribution in [-0.4, -0.2) is 10.9 Å². The second-order valence-corrected chi connectivity index (χ2v) is 5.25. The Morgan fingerprint density at radius 1 is 1.09 bits per heavy atom. The Balaban J connectivity index is 1.87. The topological polar surface area (TPSA) is 55.1 Å². The third-order valence-electron chi connectivity index (χ3n) is 3.68. The summed E-state index contributed by atoms with van der Waals surface area (Å²) < 4.78 is 5.64. The summed E-state index contributed by atoms with van der Waals surface area (Å²) >= 11 is 0. The number of amides is 1. The molecule has 4 nitrogen and oxygen atoms in total. The Labute approximate surface area is 135 Å². The van der Waals surface area contributed by atoms with E-state index in [1.807, 2.05) is 54.6 Å². The fourth-order valence-corrected chi connectivity index (χ4v) is 2.44. The lowest BCUT2D eigenvalue weighted by atomic mass is 10.1. The van der Waals surface area contributed by atoms with E-state index in [0.717, 1.165) is 23.2 Å². The maximum Gasteiger partial charge on any atom is 0.277 e. The fourth-order valence-electron chi connectivity index (χ4n) is 2.44. The van der Waals surface area contributed by atoms with Crippen LogP contribution in [0.15, 0.2) is 59.0 Å². The summed E-state index contributed by atoms with van der Waals surface area (Å²) in [4.78, 5) is 16.9. The summed E-state index contributed by atoms with van der Waals surface area (Å²) in [5.74, 6) is 0.710. The summed E-state index contributed by atoms with van der Waals surface area (Å²) in [5, 5.41) is 2.92. The quantitative estimate of drug-likeness (QED) is 0.774. The lowest BCUT2D eigenvalue weighted by Crippen LogP contribution is -2.14. The van der Waals surface area contributed by atoms with Crippen molar-refractivity contribution in [2.24, 2.45) is 0 Å². The first-order valence-electron chi connectivity index (χ1n) is 7.61. The number of rotatable bonds is 4. The molecule has 0 fully saturated rings. The number of hydrogen-bond donors (Lipinski definition) is 1. The number of benzene rings is 2. The molecule has 1 N–H and O–H groups in total. The van der Waals surface area contributed by atoms with Crippen LogP contribution < -0.4 is 5.32 Å². The molecule has 0 unspecified atom stereocenters. The van der Waals surface area contributed by atoms with Crippen molar-refractivity contribution in [1.29, 1.82) is 0 Å². The molecule has 4 heteroatoms. The van der Waals surface area contributed by atoms with Gasteiger partial charge in [-0.15, -0.1) is 0 Å². The Morgan fingerprint density at radius 2 is 1.78 bits per heavy atom. The van der Waals surface area contributed by atoms with Crippen molar-refractivity contribution in [3.8, 4) is 11.5 Å². The summed E-state index contributed by atoms with van der Waals surface area (Å²) in [6.45, 7) is 3.81. The SMILES string of the molecule is CCc1ccccc1NC(=O)c1nc(-c2ccccc2)oc1C. The van der Waals surface area contributed by atoms with Crippen LogP contribution in [0.25, 0.3) is 11.5 Å². The van der Waals surface area contributed by atoms with Gasteiger partial charge < -0.3 is 9.73 Å².